The highest BCUT2D eigenvalue weighted by Gasteiger charge is 2.34. The van der Waals surface area contributed by atoms with Crippen molar-refractivity contribution >= 4 is 27.8 Å². The second kappa shape index (κ2) is 5.32. The number of aromatic carboxylic acids is 1. The Morgan fingerprint density at radius 2 is 2.10 bits per heavy atom. The number of amides is 1. The Bertz CT molecular complexity index is 702. The maximum absolute atomic E-state index is 12.7. The molecular weight excluding hydrogens is 305 g/mol. The van der Waals surface area contributed by atoms with E-state index < -0.39 is 39.5 Å². The van der Waals surface area contributed by atoms with Crippen LogP contribution in [-0.4, -0.2) is 42.8 Å². The summed E-state index contributed by atoms with van der Waals surface area (Å²) in [5, 5.41) is 18.3. The maximum atomic E-state index is 12.7. The first kappa shape index (κ1) is 15.2. The minimum absolute atomic E-state index is 0.0220. The van der Waals surface area contributed by atoms with Crippen LogP contribution in [0.5, 0.6) is 5.75 Å². The summed E-state index contributed by atoms with van der Waals surface area (Å²) in [4.78, 5) is 23.9. The number of anilines is 1. The summed E-state index contributed by atoms with van der Waals surface area (Å²) >= 11 is 0. The average molecular weight is 317 g/mol. The topological polar surface area (TPSA) is 112 Å². The van der Waals surface area contributed by atoms with Gasteiger partial charge in [0.2, 0.25) is 5.91 Å². The molecule has 0 bridgehead atoms. The molecule has 1 amide bonds. The third kappa shape index (κ3) is 3.48. The van der Waals surface area contributed by atoms with E-state index in [0.717, 1.165) is 12.1 Å². The van der Waals surface area contributed by atoms with Crippen molar-refractivity contribution in [3.63, 3.8) is 0 Å². The monoisotopic (exact) mass is 317 g/mol. The van der Waals surface area contributed by atoms with E-state index in [-0.39, 0.29) is 24.2 Å². The van der Waals surface area contributed by atoms with Crippen LogP contribution in [0.25, 0.3) is 0 Å². The molecule has 1 atom stereocenters. The van der Waals surface area contributed by atoms with E-state index in [1.807, 2.05) is 0 Å². The molecule has 0 aromatic heterocycles. The molecule has 0 spiro atoms. The van der Waals surface area contributed by atoms with E-state index in [1.54, 1.807) is 0 Å². The molecule has 0 saturated carbocycles. The van der Waals surface area contributed by atoms with Crippen LogP contribution >= 0.6 is 0 Å². The molecule has 1 aliphatic rings. The van der Waals surface area contributed by atoms with Gasteiger partial charge in [0.15, 0.2) is 0 Å². The number of phenols is 1. The first-order chi connectivity index (χ1) is 9.67. The summed E-state index contributed by atoms with van der Waals surface area (Å²) in [6.07, 6.45) is -0.133. The molecule has 0 aliphatic carbocycles. The normalized spacial score (nSPS) is 19.0. The molecular formula is C12H12FNO6S. The molecule has 1 unspecified atom stereocenters. The number of carbonyl (C=O) groups is 2. The van der Waals surface area contributed by atoms with Gasteiger partial charge in [-0.1, -0.05) is 0 Å². The predicted molar refractivity (Wildman–Crippen MR) is 70.4 cm³/mol. The van der Waals surface area contributed by atoms with E-state index >= 15 is 0 Å². The van der Waals surface area contributed by atoms with Gasteiger partial charge in [-0.25, -0.2) is 4.79 Å². The Labute approximate surface area is 119 Å². The highest BCUT2D eigenvalue weighted by molar-refractivity contribution is 7.86. The quantitative estimate of drug-likeness (QED) is 0.792. The fourth-order valence-electron chi connectivity index (χ4n) is 2.29. The van der Waals surface area contributed by atoms with Gasteiger partial charge in [0.25, 0.3) is 0 Å². The van der Waals surface area contributed by atoms with E-state index in [9.17, 15) is 27.0 Å². The molecule has 2 rings (SSSR count). The van der Waals surface area contributed by atoms with Crippen molar-refractivity contribution in [2.24, 2.45) is 5.92 Å². The van der Waals surface area contributed by atoms with Crippen LogP contribution < -0.4 is 4.90 Å². The predicted octanol–water partition coefficient (Wildman–Crippen LogP) is 0.743. The van der Waals surface area contributed by atoms with E-state index in [1.165, 1.54) is 11.0 Å². The molecule has 1 aromatic rings. The first-order valence-corrected chi connectivity index (χ1v) is 7.51. The third-order valence-electron chi connectivity index (χ3n) is 3.16. The molecule has 114 valence electrons. The van der Waals surface area contributed by atoms with Gasteiger partial charge in [0, 0.05) is 24.6 Å². The van der Waals surface area contributed by atoms with Gasteiger partial charge in [0.05, 0.1) is 5.75 Å². The number of benzene rings is 1. The van der Waals surface area contributed by atoms with Crippen molar-refractivity contribution in [2.75, 3.05) is 17.2 Å². The van der Waals surface area contributed by atoms with Crippen LogP contribution in [0.1, 0.15) is 16.8 Å². The number of rotatable bonds is 4. The van der Waals surface area contributed by atoms with Crippen LogP contribution in [0, 0.1) is 5.92 Å². The summed E-state index contributed by atoms with van der Waals surface area (Å²) in [5.74, 6) is -3.66. The van der Waals surface area contributed by atoms with Gasteiger partial charge in [0.1, 0.15) is 11.3 Å². The van der Waals surface area contributed by atoms with Crippen LogP contribution in [0.2, 0.25) is 0 Å². The van der Waals surface area contributed by atoms with Crippen molar-refractivity contribution in [3.05, 3.63) is 23.8 Å². The fraction of sp³-hybridized carbons (Fsp3) is 0.333. The Balaban J connectivity index is 2.25. The zero-order chi connectivity index (χ0) is 15.8. The van der Waals surface area contributed by atoms with Crippen LogP contribution in [-0.2, 0) is 15.0 Å². The molecule has 9 heteroatoms. The zero-order valence-corrected chi connectivity index (χ0v) is 11.5. The van der Waals surface area contributed by atoms with Crippen LogP contribution in [0.3, 0.4) is 0 Å². The molecule has 1 aromatic carbocycles. The smallest absolute Gasteiger partial charge is 0.339 e. The van der Waals surface area contributed by atoms with Gasteiger partial charge in [-0.15, -0.1) is 3.89 Å². The lowest BCUT2D eigenvalue weighted by Crippen LogP contribution is -2.25. The minimum atomic E-state index is -4.68. The molecule has 7 nitrogen and oxygen atoms in total. The van der Waals surface area contributed by atoms with Crippen molar-refractivity contribution in [1.29, 1.82) is 0 Å². The van der Waals surface area contributed by atoms with Crippen LogP contribution in [0.4, 0.5) is 9.57 Å². The second-order valence-electron chi connectivity index (χ2n) is 4.79. The van der Waals surface area contributed by atoms with E-state index in [2.05, 4.69) is 0 Å². The minimum Gasteiger partial charge on any atom is -0.507 e. The largest absolute Gasteiger partial charge is 0.507 e. The Morgan fingerprint density at radius 1 is 1.43 bits per heavy atom. The van der Waals surface area contributed by atoms with Crippen molar-refractivity contribution < 1.29 is 32.1 Å². The molecule has 1 aliphatic heterocycles. The Hall–Kier alpha value is -2.16. The fourth-order valence-corrected chi connectivity index (χ4v) is 3.07. The van der Waals surface area contributed by atoms with Crippen molar-refractivity contribution in [3.8, 4) is 5.75 Å². The number of carboxylic acid groups (broad SMARTS) is 1. The van der Waals surface area contributed by atoms with Crippen LogP contribution in [0.15, 0.2) is 18.2 Å². The molecule has 1 fully saturated rings. The number of hydrogen-bond acceptors (Lipinski definition) is 5. The summed E-state index contributed by atoms with van der Waals surface area (Å²) in [6.45, 7) is -0.0220. The van der Waals surface area contributed by atoms with Gasteiger partial charge < -0.3 is 15.1 Å². The Morgan fingerprint density at radius 3 is 2.67 bits per heavy atom. The maximum Gasteiger partial charge on any atom is 0.339 e. The molecule has 0 radical (unpaired) electrons. The number of halogens is 1. The average Bonchev–Trinajstić information content (AvgIpc) is 2.68. The lowest BCUT2D eigenvalue weighted by atomic mass is 10.1. The standard InChI is InChI=1S/C12H12FNO6S/c13-21(19,20)6-7-3-11(16)14(5-7)8-1-2-10(15)9(4-8)12(17)18/h1-2,4,7,15H,3,5-6H2,(H,17,18). The number of nitrogens with zero attached hydrogens (tertiary/aromatic N) is 1. The molecule has 1 heterocycles. The summed E-state index contributed by atoms with van der Waals surface area (Å²) in [5.41, 5.74) is -0.157. The number of aromatic hydroxyl groups is 1. The van der Waals surface area contributed by atoms with Crippen molar-refractivity contribution in [1.82, 2.24) is 0 Å². The highest BCUT2D eigenvalue weighted by Crippen LogP contribution is 2.29. The zero-order valence-electron chi connectivity index (χ0n) is 10.7. The van der Waals surface area contributed by atoms with E-state index in [4.69, 9.17) is 5.11 Å². The molecule has 2 N–H and O–H groups in total. The number of hydrogen-bond donors (Lipinski definition) is 2. The van der Waals surface area contributed by atoms with E-state index in [0.29, 0.717) is 0 Å². The van der Waals surface area contributed by atoms with Gasteiger partial charge >= 0.3 is 16.2 Å². The number of carboxylic acids is 1. The van der Waals surface area contributed by atoms with Crippen molar-refractivity contribution in [2.45, 2.75) is 6.42 Å². The lowest BCUT2D eigenvalue weighted by molar-refractivity contribution is -0.117. The molecule has 21 heavy (non-hydrogen) atoms. The third-order valence-corrected chi connectivity index (χ3v) is 4.03. The highest BCUT2D eigenvalue weighted by atomic mass is 32.3. The molecule has 1 saturated heterocycles. The summed E-state index contributed by atoms with van der Waals surface area (Å²) < 4.78 is 33.9. The first-order valence-electron chi connectivity index (χ1n) is 5.96. The second-order valence-corrected chi connectivity index (χ2v) is 6.20. The Kier molecular flexibility index (Phi) is 3.86. The number of carbonyl (C=O) groups excluding carboxylic acids is 1. The SMILES string of the molecule is O=C(O)c1cc(N2CC(CS(=O)(=O)F)CC2=O)ccc1O. The summed E-state index contributed by atoms with van der Waals surface area (Å²) in [7, 11) is -4.68. The van der Waals surface area contributed by atoms with Gasteiger partial charge in [-0.2, -0.15) is 8.42 Å². The lowest BCUT2D eigenvalue weighted by Gasteiger charge is -2.17. The van der Waals surface area contributed by atoms with Gasteiger partial charge in [-0.05, 0) is 18.2 Å². The summed E-state index contributed by atoms with van der Waals surface area (Å²) in [6, 6.07) is 3.58. The van der Waals surface area contributed by atoms with Gasteiger partial charge in [-0.3, -0.25) is 4.79 Å².